The molecule has 1 fully saturated rings. The van der Waals surface area contributed by atoms with Crippen molar-refractivity contribution >= 4 is 5.70 Å². The zero-order chi connectivity index (χ0) is 25.9. The Morgan fingerprint density at radius 3 is 2.54 bits per heavy atom. The van der Waals surface area contributed by atoms with Crippen LogP contribution in [0.4, 0.5) is 0 Å². The molecule has 0 bridgehead atoms. The molecule has 3 heterocycles. The van der Waals surface area contributed by atoms with Gasteiger partial charge in [0.05, 0.1) is 5.56 Å². The summed E-state index contributed by atoms with van der Waals surface area (Å²) in [7, 11) is 0. The van der Waals surface area contributed by atoms with E-state index < -0.39 is 0 Å². The second kappa shape index (κ2) is 11.2. The maximum atomic E-state index is 4.81. The standard InChI is InChI=1S/C35H44N2/c1-6-28(7-2)20-21-34-35(31-18-12-11-17-30(31)33-19-13-14-22-36(33)34)27(5)37-24-25(3)32(23-26(37)4)29-15-9-8-10-16-29/h6,11-14,17-19,22-24,28-29,34-35H,1,5,7-10,15-16,20-21H2,2-4H3/q+2. The van der Waals surface area contributed by atoms with Gasteiger partial charge in [-0.1, -0.05) is 50.5 Å². The Labute approximate surface area is 224 Å². The minimum absolute atomic E-state index is 0.210. The Morgan fingerprint density at radius 1 is 1.03 bits per heavy atom. The molecule has 3 aromatic rings. The summed E-state index contributed by atoms with van der Waals surface area (Å²) >= 11 is 0. The van der Waals surface area contributed by atoms with Crippen LogP contribution >= 0.6 is 0 Å². The summed E-state index contributed by atoms with van der Waals surface area (Å²) < 4.78 is 4.92. The Kier molecular flexibility index (Phi) is 7.74. The van der Waals surface area contributed by atoms with E-state index in [9.17, 15) is 0 Å². The molecule has 192 valence electrons. The van der Waals surface area contributed by atoms with Gasteiger partial charge in [-0.05, 0) is 74.3 Å². The molecule has 37 heavy (non-hydrogen) atoms. The molecule has 2 nitrogen and oxygen atoms in total. The summed E-state index contributed by atoms with van der Waals surface area (Å²) in [5.41, 5.74) is 9.48. The number of pyridine rings is 2. The second-order valence-electron chi connectivity index (χ2n) is 11.4. The van der Waals surface area contributed by atoms with Crippen LogP contribution in [0.1, 0.15) is 98.6 Å². The lowest BCUT2D eigenvalue weighted by atomic mass is 9.78. The van der Waals surface area contributed by atoms with Crippen molar-refractivity contribution in [2.45, 2.75) is 90.0 Å². The van der Waals surface area contributed by atoms with Gasteiger partial charge in [0.2, 0.25) is 5.69 Å². The number of hydrogen-bond donors (Lipinski definition) is 0. The summed E-state index contributed by atoms with van der Waals surface area (Å²) in [5, 5.41) is 0. The number of aryl methyl sites for hydroxylation is 2. The molecule has 2 aromatic heterocycles. The first kappa shape index (κ1) is 25.6. The van der Waals surface area contributed by atoms with E-state index in [-0.39, 0.29) is 5.92 Å². The predicted molar refractivity (Wildman–Crippen MR) is 154 cm³/mol. The van der Waals surface area contributed by atoms with Gasteiger partial charge in [0, 0.05) is 37.1 Å². The zero-order valence-corrected chi connectivity index (χ0v) is 23.1. The van der Waals surface area contributed by atoms with Gasteiger partial charge < -0.3 is 0 Å². The molecule has 2 aliphatic rings. The monoisotopic (exact) mass is 492 g/mol. The molecule has 3 atom stereocenters. The molecular formula is C35H44N2+2. The highest BCUT2D eigenvalue weighted by Gasteiger charge is 2.45. The third kappa shape index (κ3) is 4.96. The quantitative estimate of drug-likeness (QED) is 0.220. The molecule has 1 aliphatic heterocycles. The van der Waals surface area contributed by atoms with Crippen molar-refractivity contribution in [2.75, 3.05) is 0 Å². The molecule has 0 radical (unpaired) electrons. The first-order chi connectivity index (χ1) is 18.0. The number of hydrogen-bond acceptors (Lipinski definition) is 0. The van der Waals surface area contributed by atoms with Crippen LogP contribution in [0.3, 0.4) is 0 Å². The van der Waals surface area contributed by atoms with Crippen molar-refractivity contribution in [2.24, 2.45) is 5.92 Å². The van der Waals surface area contributed by atoms with E-state index in [1.54, 1.807) is 5.56 Å². The van der Waals surface area contributed by atoms with Gasteiger partial charge in [0.1, 0.15) is 5.92 Å². The fourth-order valence-corrected chi connectivity index (χ4v) is 7.01. The molecule has 0 saturated heterocycles. The van der Waals surface area contributed by atoms with Crippen molar-refractivity contribution in [3.05, 3.63) is 103 Å². The van der Waals surface area contributed by atoms with Crippen LogP contribution in [0.15, 0.2) is 80.2 Å². The van der Waals surface area contributed by atoms with E-state index >= 15 is 0 Å². The number of benzene rings is 1. The van der Waals surface area contributed by atoms with Crippen LogP contribution < -0.4 is 9.13 Å². The third-order valence-electron chi connectivity index (χ3n) is 9.13. The largest absolute Gasteiger partial charge is 0.213 e. The first-order valence-corrected chi connectivity index (χ1v) is 14.5. The lowest BCUT2D eigenvalue weighted by Crippen LogP contribution is -2.51. The molecule has 0 spiro atoms. The fourth-order valence-electron chi connectivity index (χ4n) is 7.01. The Hall–Kier alpha value is -3.00. The van der Waals surface area contributed by atoms with Gasteiger partial charge in [-0.3, -0.25) is 0 Å². The summed E-state index contributed by atoms with van der Waals surface area (Å²) in [6, 6.07) is 18.4. The van der Waals surface area contributed by atoms with Gasteiger partial charge in [0.25, 0.3) is 0 Å². The van der Waals surface area contributed by atoms with E-state index in [4.69, 9.17) is 6.58 Å². The summed E-state index contributed by atoms with van der Waals surface area (Å²) in [6.07, 6.45) is 17.0. The summed E-state index contributed by atoms with van der Waals surface area (Å²) in [4.78, 5) is 0. The van der Waals surface area contributed by atoms with Crippen LogP contribution in [0.25, 0.3) is 17.0 Å². The normalized spacial score (nSPS) is 20.1. The minimum Gasteiger partial charge on any atom is -0.194 e. The van der Waals surface area contributed by atoms with Gasteiger partial charge >= 0.3 is 0 Å². The number of nitrogens with zero attached hydrogens (tertiary/aromatic N) is 2. The maximum Gasteiger partial charge on any atom is 0.213 e. The number of rotatable bonds is 8. The van der Waals surface area contributed by atoms with Crippen molar-refractivity contribution in [1.82, 2.24) is 0 Å². The molecule has 0 N–H and O–H groups in total. The van der Waals surface area contributed by atoms with E-state index in [2.05, 4.69) is 103 Å². The molecule has 5 rings (SSSR count). The highest BCUT2D eigenvalue weighted by atomic mass is 15.1. The minimum atomic E-state index is 0.210. The van der Waals surface area contributed by atoms with Crippen LogP contribution in [-0.2, 0) is 0 Å². The van der Waals surface area contributed by atoms with E-state index in [0.29, 0.717) is 17.9 Å². The number of aromatic nitrogens is 2. The average molecular weight is 493 g/mol. The topological polar surface area (TPSA) is 7.76 Å². The van der Waals surface area contributed by atoms with Gasteiger partial charge in [-0.2, -0.15) is 9.13 Å². The molecule has 1 saturated carbocycles. The fraction of sp³-hybridized carbons (Fsp3) is 0.429. The highest BCUT2D eigenvalue weighted by molar-refractivity contribution is 5.67. The van der Waals surface area contributed by atoms with Crippen LogP contribution in [0, 0.1) is 19.8 Å². The number of fused-ring (bicyclic) bond motifs is 3. The van der Waals surface area contributed by atoms with Crippen molar-refractivity contribution in [3.63, 3.8) is 0 Å². The lowest BCUT2D eigenvalue weighted by Gasteiger charge is -2.30. The molecule has 0 amide bonds. The summed E-state index contributed by atoms with van der Waals surface area (Å²) in [6.45, 7) is 15.8. The lowest BCUT2D eigenvalue weighted by molar-refractivity contribution is -0.721. The predicted octanol–water partition coefficient (Wildman–Crippen LogP) is 8.39. The smallest absolute Gasteiger partial charge is 0.194 e. The SMILES string of the molecule is C=CC(CC)CCC1C(C(=C)[n+]2cc(C)c(C3CCCCC3)cc2C)c2ccccc2-c2cccc[n+]21. The summed E-state index contributed by atoms with van der Waals surface area (Å²) in [5.74, 6) is 1.47. The van der Waals surface area contributed by atoms with Gasteiger partial charge in [-0.25, -0.2) is 0 Å². The van der Waals surface area contributed by atoms with Crippen LogP contribution in [0.2, 0.25) is 0 Å². The van der Waals surface area contributed by atoms with Crippen molar-refractivity contribution in [1.29, 1.82) is 0 Å². The van der Waals surface area contributed by atoms with E-state index in [1.807, 2.05) is 0 Å². The molecule has 1 aliphatic carbocycles. The second-order valence-corrected chi connectivity index (χ2v) is 11.4. The van der Waals surface area contributed by atoms with Crippen LogP contribution in [0.5, 0.6) is 0 Å². The first-order valence-electron chi connectivity index (χ1n) is 14.5. The maximum absolute atomic E-state index is 4.81. The average Bonchev–Trinajstić information content (AvgIpc) is 2.94. The van der Waals surface area contributed by atoms with Crippen molar-refractivity contribution < 1.29 is 9.13 Å². The van der Waals surface area contributed by atoms with E-state index in [1.165, 1.54) is 65.9 Å². The molecular weight excluding hydrogens is 448 g/mol. The molecule has 3 unspecified atom stereocenters. The molecule has 2 heteroatoms. The van der Waals surface area contributed by atoms with Gasteiger partial charge in [0.15, 0.2) is 29.8 Å². The van der Waals surface area contributed by atoms with Crippen LogP contribution in [-0.4, -0.2) is 0 Å². The zero-order valence-electron chi connectivity index (χ0n) is 23.1. The Morgan fingerprint density at radius 2 is 1.78 bits per heavy atom. The third-order valence-corrected chi connectivity index (χ3v) is 9.13. The Balaban J connectivity index is 1.58. The molecule has 1 aromatic carbocycles. The van der Waals surface area contributed by atoms with Crippen molar-refractivity contribution in [3.8, 4) is 11.3 Å². The van der Waals surface area contributed by atoms with Gasteiger partial charge in [-0.15, -0.1) is 6.58 Å². The highest BCUT2D eigenvalue weighted by Crippen LogP contribution is 2.44. The number of allylic oxidation sites excluding steroid dienone is 2. The Bertz CT molecular complexity index is 1280. The van der Waals surface area contributed by atoms with E-state index in [0.717, 1.165) is 19.3 Å².